The van der Waals surface area contributed by atoms with E-state index in [1.54, 1.807) is 11.8 Å². The van der Waals surface area contributed by atoms with E-state index in [-0.39, 0.29) is 0 Å². The van der Waals surface area contributed by atoms with Gasteiger partial charge >= 0.3 is 0 Å². The Balaban J connectivity index is 1.39. The van der Waals surface area contributed by atoms with Crippen molar-refractivity contribution in [2.45, 2.75) is 48.4 Å². The fourth-order valence-electron chi connectivity index (χ4n) is 4.06. The van der Waals surface area contributed by atoms with Crippen LogP contribution in [0.5, 0.6) is 0 Å². The molecule has 0 amide bonds. The minimum Gasteiger partial charge on any atom is -0.399 e. The van der Waals surface area contributed by atoms with Gasteiger partial charge in [-0.15, -0.1) is 0 Å². The van der Waals surface area contributed by atoms with Crippen LogP contribution >= 0.6 is 11.8 Å². The Hall–Kier alpha value is -1.75. The summed E-state index contributed by atoms with van der Waals surface area (Å²) in [4.78, 5) is 12.7. The van der Waals surface area contributed by atoms with Gasteiger partial charge in [-0.3, -0.25) is 0 Å². The third-order valence-electron chi connectivity index (χ3n) is 5.51. The van der Waals surface area contributed by atoms with Crippen LogP contribution in [0.2, 0.25) is 0 Å². The Morgan fingerprint density at radius 3 is 2.46 bits per heavy atom. The first-order valence-electron chi connectivity index (χ1n) is 8.83. The quantitative estimate of drug-likeness (QED) is 0.841. The third kappa shape index (κ3) is 3.36. The monoisotopic (exact) mass is 340 g/mol. The van der Waals surface area contributed by atoms with Crippen molar-refractivity contribution in [3.63, 3.8) is 0 Å². The summed E-state index contributed by atoms with van der Waals surface area (Å²) in [5.41, 5.74) is 7.25. The van der Waals surface area contributed by atoms with Gasteiger partial charge in [0.2, 0.25) is 0 Å². The lowest BCUT2D eigenvalue weighted by molar-refractivity contribution is 0.226. The SMILES string of the molecule is Nc1cccc(Sc2cnc(N3CCC4(CCCC4)CC3)cn2)c1. The van der Waals surface area contributed by atoms with Crippen molar-refractivity contribution in [3.05, 3.63) is 36.7 Å². The molecule has 1 saturated heterocycles. The van der Waals surface area contributed by atoms with E-state index in [1.165, 1.54) is 38.5 Å². The summed E-state index contributed by atoms with van der Waals surface area (Å²) in [6.07, 6.45) is 12.1. The predicted octanol–water partition coefficient (Wildman–Crippen LogP) is 4.37. The van der Waals surface area contributed by atoms with Crippen LogP contribution in [-0.4, -0.2) is 23.1 Å². The molecule has 2 N–H and O–H groups in total. The van der Waals surface area contributed by atoms with Gasteiger partial charge in [0, 0.05) is 23.7 Å². The summed E-state index contributed by atoms with van der Waals surface area (Å²) in [5, 5.41) is 0.911. The molecule has 5 heteroatoms. The Kier molecular flexibility index (Phi) is 4.35. The maximum Gasteiger partial charge on any atom is 0.147 e. The summed E-state index contributed by atoms with van der Waals surface area (Å²) in [6, 6.07) is 7.87. The maximum absolute atomic E-state index is 5.83. The Labute approximate surface area is 147 Å². The molecule has 2 fully saturated rings. The lowest BCUT2D eigenvalue weighted by Gasteiger charge is -2.39. The molecule has 0 bridgehead atoms. The van der Waals surface area contributed by atoms with Gasteiger partial charge < -0.3 is 10.6 Å². The zero-order valence-corrected chi connectivity index (χ0v) is 14.8. The van der Waals surface area contributed by atoms with Gasteiger partial charge in [-0.05, 0) is 49.3 Å². The first kappa shape index (κ1) is 15.8. The minimum atomic E-state index is 0.646. The van der Waals surface area contributed by atoms with Crippen LogP contribution < -0.4 is 10.6 Å². The normalized spacial score (nSPS) is 19.8. The van der Waals surface area contributed by atoms with Crippen LogP contribution in [0.4, 0.5) is 11.5 Å². The van der Waals surface area contributed by atoms with Crippen molar-refractivity contribution < 1.29 is 0 Å². The van der Waals surface area contributed by atoms with Gasteiger partial charge in [0.1, 0.15) is 10.8 Å². The number of piperidine rings is 1. The van der Waals surface area contributed by atoms with Crippen molar-refractivity contribution in [1.29, 1.82) is 0 Å². The Morgan fingerprint density at radius 2 is 1.79 bits per heavy atom. The number of nitrogen functional groups attached to an aromatic ring is 1. The number of benzene rings is 1. The smallest absolute Gasteiger partial charge is 0.147 e. The molecule has 2 heterocycles. The molecule has 4 nitrogen and oxygen atoms in total. The maximum atomic E-state index is 5.83. The van der Waals surface area contributed by atoms with Crippen LogP contribution in [0, 0.1) is 5.41 Å². The second kappa shape index (κ2) is 6.63. The van der Waals surface area contributed by atoms with E-state index in [2.05, 4.69) is 14.9 Å². The summed E-state index contributed by atoms with van der Waals surface area (Å²) in [7, 11) is 0. The Morgan fingerprint density at radius 1 is 1.00 bits per heavy atom. The molecule has 0 unspecified atom stereocenters. The topological polar surface area (TPSA) is 55.0 Å². The van der Waals surface area contributed by atoms with Crippen molar-refractivity contribution in [2.24, 2.45) is 5.41 Å². The summed E-state index contributed by atoms with van der Waals surface area (Å²) >= 11 is 1.60. The number of anilines is 2. The van der Waals surface area contributed by atoms with Crippen molar-refractivity contribution in [3.8, 4) is 0 Å². The van der Waals surface area contributed by atoms with E-state index in [4.69, 9.17) is 5.73 Å². The van der Waals surface area contributed by atoms with Crippen molar-refractivity contribution >= 4 is 23.3 Å². The molecule has 4 rings (SSSR count). The largest absolute Gasteiger partial charge is 0.399 e. The molecule has 1 aromatic heterocycles. The molecule has 1 saturated carbocycles. The van der Waals surface area contributed by atoms with Crippen LogP contribution in [0.15, 0.2) is 46.6 Å². The molecule has 0 atom stereocenters. The fraction of sp³-hybridized carbons (Fsp3) is 0.474. The van der Waals surface area contributed by atoms with Crippen molar-refractivity contribution in [1.82, 2.24) is 9.97 Å². The molecule has 126 valence electrons. The third-order valence-corrected chi connectivity index (χ3v) is 6.42. The van der Waals surface area contributed by atoms with Gasteiger partial charge in [0.25, 0.3) is 0 Å². The highest BCUT2D eigenvalue weighted by Crippen LogP contribution is 2.46. The minimum absolute atomic E-state index is 0.646. The molecule has 2 aromatic rings. The van der Waals surface area contributed by atoms with Crippen LogP contribution in [0.3, 0.4) is 0 Å². The van der Waals surface area contributed by atoms with Gasteiger partial charge in [-0.1, -0.05) is 30.7 Å². The van der Waals surface area contributed by atoms with Gasteiger partial charge in [-0.25, -0.2) is 9.97 Å². The predicted molar refractivity (Wildman–Crippen MR) is 99.4 cm³/mol. The summed E-state index contributed by atoms with van der Waals surface area (Å²) in [5.74, 6) is 1.01. The fourth-order valence-corrected chi connectivity index (χ4v) is 4.85. The number of hydrogen-bond acceptors (Lipinski definition) is 5. The van der Waals surface area contributed by atoms with Crippen molar-refractivity contribution in [2.75, 3.05) is 23.7 Å². The van der Waals surface area contributed by atoms with E-state index in [0.29, 0.717) is 5.41 Å². The molecular weight excluding hydrogens is 316 g/mol. The average molecular weight is 340 g/mol. The van der Waals surface area contributed by atoms with Gasteiger partial charge in [0.05, 0.1) is 12.4 Å². The number of hydrogen-bond donors (Lipinski definition) is 1. The molecule has 1 spiro atoms. The van der Waals surface area contributed by atoms with Crippen LogP contribution in [0.25, 0.3) is 0 Å². The van der Waals surface area contributed by atoms with Crippen LogP contribution in [-0.2, 0) is 0 Å². The molecule has 2 aliphatic rings. The standard InChI is InChI=1S/C19H24N4S/c20-15-4-3-5-16(12-15)24-18-14-21-17(13-22-18)23-10-8-19(9-11-23)6-1-2-7-19/h3-5,12-14H,1-2,6-11,20H2. The number of nitrogens with two attached hydrogens (primary N) is 1. The van der Waals surface area contributed by atoms with E-state index in [0.717, 1.165) is 34.5 Å². The van der Waals surface area contributed by atoms with Crippen LogP contribution in [0.1, 0.15) is 38.5 Å². The van der Waals surface area contributed by atoms with E-state index in [9.17, 15) is 0 Å². The van der Waals surface area contributed by atoms with Gasteiger partial charge in [-0.2, -0.15) is 0 Å². The lowest BCUT2D eigenvalue weighted by atomic mass is 9.77. The number of nitrogens with zero attached hydrogens (tertiary/aromatic N) is 3. The van der Waals surface area contributed by atoms with Gasteiger partial charge in [0.15, 0.2) is 0 Å². The number of rotatable bonds is 3. The highest BCUT2D eigenvalue weighted by atomic mass is 32.2. The van der Waals surface area contributed by atoms with E-state index < -0.39 is 0 Å². The number of aromatic nitrogens is 2. The second-order valence-corrected chi connectivity index (χ2v) is 8.18. The molecule has 0 radical (unpaired) electrons. The summed E-state index contributed by atoms with van der Waals surface area (Å²) in [6.45, 7) is 2.24. The van der Waals surface area contributed by atoms with E-state index in [1.807, 2.05) is 36.7 Å². The van der Waals surface area contributed by atoms with E-state index >= 15 is 0 Å². The molecule has 1 aliphatic heterocycles. The first-order valence-corrected chi connectivity index (χ1v) is 9.65. The first-order chi connectivity index (χ1) is 11.7. The summed E-state index contributed by atoms with van der Waals surface area (Å²) < 4.78 is 0. The average Bonchev–Trinajstić information content (AvgIpc) is 3.05. The lowest BCUT2D eigenvalue weighted by Crippen LogP contribution is -2.39. The molecule has 1 aliphatic carbocycles. The molecular formula is C19H24N4S. The highest BCUT2D eigenvalue weighted by Gasteiger charge is 2.37. The zero-order chi connectivity index (χ0) is 16.4. The Bertz CT molecular complexity index is 685. The zero-order valence-electron chi connectivity index (χ0n) is 13.9. The second-order valence-electron chi connectivity index (χ2n) is 7.08. The molecule has 1 aromatic carbocycles. The molecule has 24 heavy (non-hydrogen) atoms. The highest BCUT2D eigenvalue weighted by molar-refractivity contribution is 7.99.